The summed E-state index contributed by atoms with van der Waals surface area (Å²) in [5, 5.41) is 11.4. The maximum absolute atomic E-state index is 9.08. The van der Waals surface area contributed by atoms with Crippen LogP contribution in [0.2, 0.25) is 0 Å². The highest BCUT2D eigenvalue weighted by atomic mass is 32.2. The first-order chi connectivity index (χ1) is 12.8. The molecule has 0 radical (unpaired) electrons. The van der Waals surface area contributed by atoms with Crippen molar-refractivity contribution >= 4 is 23.7 Å². The summed E-state index contributed by atoms with van der Waals surface area (Å²) in [6.45, 7) is 4.39. The molecule has 0 bridgehead atoms. The first-order valence-corrected chi connectivity index (χ1v) is 10.8. The van der Waals surface area contributed by atoms with Crippen LogP contribution in [0.3, 0.4) is 0 Å². The molecule has 1 spiro atoms. The van der Waals surface area contributed by atoms with Gasteiger partial charge in [0.25, 0.3) is 0 Å². The molecule has 1 saturated heterocycles. The second-order valence-electron chi connectivity index (χ2n) is 7.57. The molecule has 3 heterocycles. The van der Waals surface area contributed by atoms with E-state index in [0.717, 1.165) is 38.1 Å². The Hall–Kier alpha value is -1.64. The smallest absolute Gasteiger partial charge is 0.0911 e. The minimum absolute atomic E-state index is 0.0669. The van der Waals surface area contributed by atoms with Crippen molar-refractivity contribution < 1.29 is 0 Å². The van der Waals surface area contributed by atoms with Gasteiger partial charge in [-0.3, -0.25) is 9.98 Å². The molecule has 0 amide bonds. The van der Waals surface area contributed by atoms with Gasteiger partial charge in [-0.25, -0.2) is 0 Å². The number of aliphatic imine (C=N–C) groups is 2. The van der Waals surface area contributed by atoms with Gasteiger partial charge in [0.2, 0.25) is 0 Å². The van der Waals surface area contributed by atoms with E-state index in [1.54, 1.807) is 6.08 Å². The largest absolute Gasteiger partial charge is 0.301 e. The summed E-state index contributed by atoms with van der Waals surface area (Å²) in [5.41, 5.74) is 4.90. The highest BCUT2D eigenvalue weighted by molar-refractivity contribution is 8.02. The summed E-state index contributed by atoms with van der Waals surface area (Å²) in [7, 11) is 0. The molecule has 1 atom stereocenters. The minimum Gasteiger partial charge on any atom is -0.301 e. The summed E-state index contributed by atoms with van der Waals surface area (Å²) in [4.78, 5) is 12.4. The van der Waals surface area contributed by atoms with E-state index in [0.29, 0.717) is 0 Å². The Morgan fingerprint density at radius 2 is 2.19 bits per heavy atom. The van der Waals surface area contributed by atoms with Gasteiger partial charge in [0.05, 0.1) is 18.0 Å². The normalized spacial score (nSPS) is 31.8. The molecule has 5 heteroatoms. The maximum Gasteiger partial charge on any atom is 0.0911 e. The SMILES string of the molecule is N#CC=C1CC=C2N=CCC(=NCCN3CCCCC3)C3=CSCC23C1. The van der Waals surface area contributed by atoms with Crippen LogP contribution in [0.1, 0.15) is 38.5 Å². The highest BCUT2D eigenvalue weighted by Crippen LogP contribution is 2.54. The van der Waals surface area contributed by atoms with Crippen LogP contribution in [-0.4, -0.2) is 48.8 Å². The molecule has 0 N–H and O–H groups in total. The molecule has 0 aromatic carbocycles. The van der Waals surface area contributed by atoms with Gasteiger partial charge < -0.3 is 4.90 Å². The molecule has 1 aliphatic carbocycles. The van der Waals surface area contributed by atoms with Crippen LogP contribution < -0.4 is 0 Å². The second-order valence-corrected chi connectivity index (χ2v) is 8.43. The van der Waals surface area contributed by atoms with Crippen LogP contribution in [0.5, 0.6) is 0 Å². The van der Waals surface area contributed by atoms with Crippen molar-refractivity contribution in [2.45, 2.75) is 38.5 Å². The summed E-state index contributed by atoms with van der Waals surface area (Å²) in [5.74, 6) is 1.01. The summed E-state index contributed by atoms with van der Waals surface area (Å²) < 4.78 is 0. The van der Waals surface area contributed by atoms with Crippen LogP contribution in [-0.2, 0) is 0 Å². The average Bonchev–Trinajstić information content (AvgIpc) is 3.00. The fraction of sp³-hybridized carbons (Fsp3) is 0.571. The lowest BCUT2D eigenvalue weighted by atomic mass is 9.69. The average molecular weight is 367 g/mol. The Balaban J connectivity index is 1.55. The number of piperidine rings is 1. The standard InChI is InChI=1S/C21H26N4S/c22-8-6-17-4-5-20-21(14-17)16-26-15-18(21)19(7-9-24-20)23-10-13-25-11-2-1-3-12-25/h5-6,9,15H,1-4,7,10-14,16H2. The van der Waals surface area contributed by atoms with Crippen molar-refractivity contribution in [2.75, 3.05) is 31.9 Å². The zero-order valence-corrected chi connectivity index (χ0v) is 16.1. The van der Waals surface area contributed by atoms with E-state index in [1.807, 2.05) is 18.0 Å². The van der Waals surface area contributed by atoms with E-state index in [-0.39, 0.29) is 5.41 Å². The number of likely N-dealkylation sites (tertiary alicyclic amines) is 1. The van der Waals surface area contributed by atoms with Crippen LogP contribution in [0, 0.1) is 16.7 Å². The molecule has 0 aromatic heterocycles. The predicted molar refractivity (Wildman–Crippen MR) is 110 cm³/mol. The lowest BCUT2D eigenvalue weighted by Crippen LogP contribution is -2.33. The van der Waals surface area contributed by atoms with Crippen molar-refractivity contribution in [3.05, 3.63) is 34.4 Å². The maximum atomic E-state index is 9.08. The molecular weight excluding hydrogens is 340 g/mol. The van der Waals surface area contributed by atoms with E-state index >= 15 is 0 Å². The zero-order valence-electron chi connectivity index (χ0n) is 15.3. The molecular formula is C21H26N4S. The van der Waals surface area contributed by atoms with Crippen LogP contribution in [0.15, 0.2) is 44.4 Å². The lowest BCUT2D eigenvalue weighted by molar-refractivity contribution is 0.235. The first kappa shape index (κ1) is 17.8. The molecule has 136 valence electrons. The highest BCUT2D eigenvalue weighted by Gasteiger charge is 2.46. The van der Waals surface area contributed by atoms with Gasteiger partial charge in [-0.05, 0) is 49.8 Å². The van der Waals surface area contributed by atoms with E-state index in [9.17, 15) is 0 Å². The quantitative estimate of drug-likeness (QED) is 0.706. The molecule has 0 saturated carbocycles. The van der Waals surface area contributed by atoms with Gasteiger partial charge in [-0.1, -0.05) is 18.1 Å². The predicted octanol–water partition coefficient (Wildman–Crippen LogP) is 4.13. The Labute approximate surface area is 160 Å². The number of rotatable bonds is 3. The van der Waals surface area contributed by atoms with Gasteiger partial charge in [-0.15, -0.1) is 11.8 Å². The number of allylic oxidation sites excluding steroid dienone is 4. The van der Waals surface area contributed by atoms with E-state index < -0.39 is 0 Å². The Morgan fingerprint density at radius 3 is 3.04 bits per heavy atom. The van der Waals surface area contributed by atoms with Gasteiger partial charge in [-0.2, -0.15) is 5.26 Å². The van der Waals surface area contributed by atoms with Crippen LogP contribution in [0.4, 0.5) is 0 Å². The number of hydrogen-bond acceptors (Lipinski definition) is 5. The zero-order chi connectivity index (χ0) is 17.8. The number of nitriles is 1. The summed E-state index contributed by atoms with van der Waals surface area (Å²) in [6.07, 6.45) is 12.6. The molecule has 1 fully saturated rings. The first-order valence-electron chi connectivity index (χ1n) is 9.71. The molecule has 4 nitrogen and oxygen atoms in total. The van der Waals surface area contributed by atoms with Crippen molar-refractivity contribution in [1.29, 1.82) is 5.26 Å². The third-order valence-corrected chi connectivity index (χ3v) is 6.95. The fourth-order valence-electron chi connectivity index (χ4n) is 4.51. The minimum atomic E-state index is -0.0669. The van der Waals surface area contributed by atoms with E-state index in [1.165, 1.54) is 54.9 Å². The fourth-order valence-corrected chi connectivity index (χ4v) is 5.81. The summed E-state index contributed by atoms with van der Waals surface area (Å²) >= 11 is 1.87. The van der Waals surface area contributed by atoms with Gasteiger partial charge in [0, 0.05) is 42.4 Å². The Bertz CT molecular complexity index is 746. The van der Waals surface area contributed by atoms with Gasteiger partial charge in [0.1, 0.15) is 0 Å². The van der Waals surface area contributed by atoms with Gasteiger partial charge in [0.15, 0.2) is 0 Å². The molecule has 1 unspecified atom stereocenters. The second kappa shape index (κ2) is 7.94. The molecule has 4 rings (SSSR count). The summed E-state index contributed by atoms with van der Waals surface area (Å²) in [6, 6.07) is 2.22. The third kappa shape index (κ3) is 3.45. The number of hydrogen-bond donors (Lipinski definition) is 0. The Kier molecular flexibility index (Phi) is 5.42. The number of nitrogens with zero attached hydrogens (tertiary/aromatic N) is 4. The lowest BCUT2D eigenvalue weighted by Gasteiger charge is -2.35. The third-order valence-electron chi connectivity index (χ3n) is 5.89. The van der Waals surface area contributed by atoms with Crippen LogP contribution >= 0.6 is 11.8 Å². The van der Waals surface area contributed by atoms with Crippen molar-refractivity contribution in [2.24, 2.45) is 15.4 Å². The van der Waals surface area contributed by atoms with Gasteiger partial charge >= 0.3 is 0 Å². The van der Waals surface area contributed by atoms with Crippen LogP contribution in [0.25, 0.3) is 0 Å². The number of thioether (sulfide) groups is 1. The molecule has 0 aromatic rings. The van der Waals surface area contributed by atoms with Crippen molar-refractivity contribution in [3.8, 4) is 6.07 Å². The van der Waals surface area contributed by atoms with E-state index in [2.05, 4.69) is 22.5 Å². The van der Waals surface area contributed by atoms with Crippen molar-refractivity contribution in [3.63, 3.8) is 0 Å². The molecule has 4 aliphatic rings. The molecule has 3 aliphatic heterocycles. The van der Waals surface area contributed by atoms with Crippen molar-refractivity contribution in [1.82, 2.24) is 4.90 Å². The van der Waals surface area contributed by atoms with E-state index in [4.69, 9.17) is 15.2 Å². The Morgan fingerprint density at radius 1 is 1.31 bits per heavy atom. The molecule has 26 heavy (non-hydrogen) atoms. The topological polar surface area (TPSA) is 51.8 Å². The monoisotopic (exact) mass is 366 g/mol.